The maximum absolute atomic E-state index is 12.6. The quantitative estimate of drug-likeness (QED) is 0.0391. The third-order valence-corrected chi connectivity index (χ3v) is 14.1. The lowest BCUT2D eigenvalue weighted by Gasteiger charge is -2.27. The number of aliphatic hydroxyl groups is 4. The molecule has 0 aliphatic carbocycles. The summed E-state index contributed by atoms with van der Waals surface area (Å²) in [6.45, 7) is 4.10. The Labute approximate surface area is 394 Å². The minimum absolute atomic E-state index is 0.376. The Morgan fingerprint density at radius 3 is 0.762 bits per heavy atom. The molecule has 0 aliphatic rings. The van der Waals surface area contributed by atoms with Crippen LogP contribution < -0.4 is 5.32 Å². The van der Waals surface area contributed by atoms with Crippen LogP contribution in [0.4, 0.5) is 0 Å². The molecule has 63 heavy (non-hydrogen) atoms. The number of amides is 1. The second-order valence-corrected chi connectivity index (χ2v) is 20.4. The van der Waals surface area contributed by atoms with Crippen LogP contribution in [0.5, 0.6) is 0 Å². The van der Waals surface area contributed by atoms with Crippen molar-refractivity contribution in [3.8, 4) is 0 Å². The Hall–Kier alpha value is -0.690. The van der Waals surface area contributed by atoms with Gasteiger partial charge in [0, 0.05) is 0 Å². The van der Waals surface area contributed by atoms with E-state index in [0.717, 1.165) is 38.5 Å². The van der Waals surface area contributed by atoms with Crippen LogP contribution in [0, 0.1) is 0 Å². The van der Waals surface area contributed by atoms with Gasteiger partial charge in [0.15, 0.2) is 0 Å². The van der Waals surface area contributed by atoms with Crippen LogP contribution in [-0.4, -0.2) is 57.3 Å². The number of aliphatic hydroxyl groups excluding tert-OH is 4. The second-order valence-electron chi connectivity index (χ2n) is 20.4. The first-order valence-electron chi connectivity index (χ1n) is 28.9. The van der Waals surface area contributed by atoms with Crippen molar-refractivity contribution >= 4 is 5.91 Å². The van der Waals surface area contributed by atoms with Crippen molar-refractivity contribution in [1.82, 2.24) is 5.32 Å². The molecule has 0 fully saturated rings. The molecule has 4 atom stereocenters. The molecule has 0 saturated heterocycles. The molecule has 0 aromatic heterocycles. The van der Waals surface area contributed by atoms with E-state index in [0.29, 0.717) is 12.8 Å². The predicted molar refractivity (Wildman–Crippen MR) is 275 cm³/mol. The molecule has 0 radical (unpaired) electrons. The van der Waals surface area contributed by atoms with E-state index in [2.05, 4.69) is 19.2 Å². The van der Waals surface area contributed by atoms with Gasteiger partial charge < -0.3 is 25.7 Å². The zero-order valence-electron chi connectivity index (χ0n) is 42.9. The lowest BCUT2D eigenvalue weighted by atomic mass is 9.99. The van der Waals surface area contributed by atoms with Gasteiger partial charge in [-0.05, 0) is 12.8 Å². The summed E-state index contributed by atoms with van der Waals surface area (Å²) in [6, 6.07) is -0.980. The van der Waals surface area contributed by atoms with Crippen LogP contribution in [0.2, 0.25) is 0 Å². The summed E-state index contributed by atoms with van der Waals surface area (Å²) in [4.78, 5) is 12.6. The summed E-state index contributed by atoms with van der Waals surface area (Å²) in [5.74, 6) is -0.575. The molecule has 5 N–H and O–H groups in total. The number of carbonyl (C=O) groups excluding carboxylic acids is 1. The molecular formula is C57H115NO5. The summed E-state index contributed by atoms with van der Waals surface area (Å²) in [5, 5.41) is 44.0. The average Bonchev–Trinajstić information content (AvgIpc) is 3.29. The van der Waals surface area contributed by atoms with Crippen molar-refractivity contribution < 1.29 is 25.2 Å². The van der Waals surface area contributed by atoms with Crippen LogP contribution in [-0.2, 0) is 4.79 Å². The van der Waals surface area contributed by atoms with Gasteiger partial charge in [-0.15, -0.1) is 0 Å². The zero-order chi connectivity index (χ0) is 45.9. The molecule has 6 nitrogen and oxygen atoms in total. The summed E-state index contributed by atoms with van der Waals surface area (Å²) in [7, 11) is 0. The van der Waals surface area contributed by atoms with E-state index in [1.54, 1.807) is 0 Å². The van der Waals surface area contributed by atoms with Crippen LogP contribution in [0.15, 0.2) is 0 Å². The maximum Gasteiger partial charge on any atom is 0.249 e. The third-order valence-electron chi connectivity index (χ3n) is 14.1. The number of hydrogen-bond acceptors (Lipinski definition) is 5. The van der Waals surface area contributed by atoms with Gasteiger partial charge >= 0.3 is 0 Å². The highest BCUT2D eigenvalue weighted by Crippen LogP contribution is 2.19. The first kappa shape index (κ1) is 62.3. The third kappa shape index (κ3) is 46.2. The molecule has 0 heterocycles. The van der Waals surface area contributed by atoms with E-state index in [1.165, 1.54) is 263 Å². The van der Waals surface area contributed by atoms with Crippen LogP contribution in [0.25, 0.3) is 0 Å². The average molecular weight is 895 g/mol. The van der Waals surface area contributed by atoms with Gasteiger partial charge in [0.05, 0.1) is 18.8 Å². The predicted octanol–water partition coefficient (Wildman–Crippen LogP) is 16.7. The Balaban J connectivity index is 3.54. The fourth-order valence-electron chi connectivity index (χ4n) is 9.53. The van der Waals surface area contributed by atoms with E-state index in [1.807, 2.05) is 0 Å². The van der Waals surface area contributed by atoms with Gasteiger partial charge in [0.2, 0.25) is 5.91 Å². The summed E-state index contributed by atoms with van der Waals surface area (Å²) in [5.41, 5.74) is 0. The highest BCUT2D eigenvalue weighted by Gasteiger charge is 2.28. The van der Waals surface area contributed by atoms with Crippen LogP contribution in [0.3, 0.4) is 0 Å². The van der Waals surface area contributed by atoms with E-state index >= 15 is 0 Å². The van der Waals surface area contributed by atoms with E-state index in [4.69, 9.17) is 0 Å². The maximum atomic E-state index is 12.6. The molecule has 0 saturated carbocycles. The number of hydrogen-bond donors (Lipinski definition) is 5. The number of rotatable bonds is 54. The minimum Gasteiger partial charge on any atom is -0.394 e. The fourth-order valence-corrected chi connectivity index (χ4v) is 9.53. The molecule has 0 bridgehead atoms. The summed E-state index contributed by atoms with van der Waals surface area (Å²) >= 11 is 0. The molecule has 0 rings (SSSR count). The molecule has 6 heteroatoms. The Morgan fingerprint density at radius 2 is 0.540 bits per heavy atom. The lowest BCUT2D eigenvalue weighted by molar-refractivity contribution is -0.132. The number of unbranched alkanes of at least 4 members (excludes halogenated alkanes) is 45. The summed E-state index contributed by atoms with van der Waals surface area (Å²) < 4.78 is 0. The Morgan fingerprint density at radius 1 is 0.333 bits per heavy atom. The van der Waals surface area contributed by atoms with Crippen molar-refractivity contribution in [3.05, 3.63) is 0 Å². The van der Waals surface area contributed by atoms with E-state index < -0.39 is 36.9 Å². The van der Waals surface area contributed by atoms with E-state index in [9.17, 15) is 25.2 Å². The number of carbonyl (C=O) groups is 1. The van der Waals surface area contributed by atoms with Crippen molar-refractivity contribution in [2.24, 2.45) is 0 Å². The minimum atomic E-state index is -1.25. The van der Waals surface area contributed by atoms with Gasteiger partial charge in [0.1, 0.15) is 12.2 Å². The van der Waals surface area contributed by atoms with E-state index in [-0.39, 0.29) is 0 Å². The molecule has 378 valence electrons. The number of nitrogens with one attached hydrogen (secondary N) is 1. The lowest BCUT2D eigenvalue weighted by Crippen LogP contribution is -2.53. The standard InChI is InChI=1S/C57H115NO5/c1-3-5-7-9-11-13-15-17-19-21-22-23-24-25-26-27-28-29-30-31-32-33-35-37-39-41-43-45-47-49-51-55(61)57(63)58-53(52-59)56(62)54(60)50-48-46-44-42-40-38-36-34-20-18-16-14-12-10-8-6-4-2/h53-56,59-62H,3-52H2,1-2H3,(H,58,63). The van der Waals surface area contributed by atoms with Gasteiger partial charge in [0.25, 0.3) is 0 Å². The van der Waals surface area contributed by atoms with Crippen molar-refractivity contribution in [2.75, 3.05) is 6.61 Å². The molecule has 0 spiro atoms. The largest absolute Gasteiger partial charge is 0.394 e. The van der Waals surface area contributed by atoms with Crippen molar-refractivity contribution in [1.29, 1.82) is 0 Å². The normalized spacial score (nSPS) is 13.7. The van der Waals surface area contributed by atoms with Crippen LogP contribution in [0.1, 0.15) is 328 Å². The summed E-state index contributed by atoms with van der Waals surface area (Å²) in [6.07, 6.45) is 60.4. The molecule has 1 amide bonds. The Kier molecular flexibility index (Phi) is 51.7. The monoisotopic (exact) mass is 894 g/mol. The van der Waals surface area contributed by atoms with Gasteiger partial charge in [-0.2, -0.15) is 0 Å². The van der Waals surface area contributed by atoms with Crippen molar-refractivity contribution in [3.63, 3.8) is 0 Å². The molecular weight excluding hydrogens is 779 g/mol. The first-order valence-corrected chi connectivity index (χ1v) is 28.9. The fraction of sp³-hybridized carbons (Fsp3) is 0.982. The van der Waals surface area contributed by atoms with Crippen LogP contribution >= 0.6 is 0 Å². The highest BCUT2D eigenvalue weighted by molar-refractivity contribution is 5.80. The Bertz CT molecular complexity index is 871. The SMILES string of the molecule is CCCCCCCCCCCCCCCCCCCCCCCCCCCCCCCCC(O)C(=O)NC(CO)C(O)C(O)CCCCCCCCCCCCCCCCCCC. The molecule has 0 aromatic rings. The topological polar surface area (TPSA) is 110 Å². The van der Waals surface area contributed by atoms with Crippen molar-refractivity contribution in [2.45, 2.75) is 353 Å². The molecule has 0 aliphatic heterocycles. The smallest absolute Gasteiger partial charge is 0.249 e. The van der Waals surface area contributed by atoms with Gasteiger partial charge in [-0.1, -0.05) is 316 Å². The molecule has 0 aromatic carbocycles. The highest BCUT2D eigenvalue weighted by atomic mass is 16.3. The van der Waals surface area contributed by atoms with Gasteiger partial charge in [-0.3, -0.25) is 4.79 Å². The second kappa shape index (κ2) is 52.3. The van der Waals surface area contributed by atoms with Gasteiger partial charge in [-0.25, -0.2) is 0 Å². The molecule has 4 unspecified atom stereocenters. The zero-order valence-corrected chi connectivity index (χ0v) is 42.9. The first-order chi connectivity index (χ1) is 31.0.